The summed E-state index contributed by atoms with van der Waals surface area (Å²) in [6, 6.07) is 12.8. The molecule has 3 rings (SSSR count). The zero-order chi connectivity index (χ0) is 18.7. The number of anilines is 1. The Labute approximate surface area is 149 Å². The van der Waals surface area contributed by atoms with Gasteiger partial charge in [-0.25, -0.2) is 0 Å². The molecule has 1 atom stereocenters. The monoisotopic (exact) mass is 364 g/mol. The lowest BCUT2D eigenvalue weighted by molar-refractivity contribution is -0.138. The Morgan fingerprint density at radius 2 is 1.92 bits per heavy atom. The van der Waals surface area contributed by atoms with Gasteiger partial charge in [0.05, 0.1) is 23.8 Å². The standard InChI is InChI=1S/C19H19F3N2O2/c20-19(21,22)17-10-14(23)6-7-16(17)18(25)24-9-8-15(11-24)26-12-13-4-2-1-3-5-13/h1-7,10,15H,8-9,11-12,23H2/t15-/m1/s1. The van der Waals surface area contributed by atoms with Crippen molar-refractivity contribution in [2.75, 3.05) is 18.8 Å². The van der Waals surface area contributed by atoms with Crippen molar-refractivity contribution in [1.82, 2.24) is 4.90 Å². The number of carbonyl (C=O) groups excluding carboxylic acids is 1. The Bertz CT molecular complexity index is 778. The maximum absolute atomic E-state index is 13.2. The van der Waals surface area contributed by atoms with Crippen LogP contribution in [-0.4, -0.2) is 30.0 Å². The third kappa shape index (κ3) is 4.16. The topological polar surface area (TPSA) is 55.6 Å². The Hall–Kier alpha value is -2.54. The number of carbonyl (C=O) groups is 1. The highest BCUT2D eigenvalue weighted by Crippen LogP contribution is 2.34. The third-order valence-electron chi connectivity index (χ3n) is 4.34. The first kappa shape index (κ1) is 18.3. The van der Waals surface area contributed by atoms with E-state index in [-0.39, 0.29) is 23.9 Å². The fourth-order valence-corrected chi connectivity index (χ4v) is 2.99. The quantitative estimate of drug-likeness (QED) is 0.842. The van der Waals surface area contributed by atoms with Gasteiger partial charge in [0.1, 0.15) is 0 Å². The van der Waals surface area contributed by atoms with Crippen molar-refractivity contribution >= 4 is 11.6 Å². The summed E-state index contributed by atoms with van der Waals surface area (Å²) < 4.78 is 45.4. The molecule has 0 saturated carbocycles. The maximum atomic E-state index is 13.2. The van der Waals surface area contributed by atoms with Crippen LogP contribution < -0.4 is 5.73 Å². The van der Waals surface area contributed by atoms with Crippen LogP contribution in [0, 0.1) is 0 Å². The molecule has 2 aromatic carbocycles. The highest BCUT2D eigenvalue weighted by molar-refractivity contribution is 5.96. The van der Waals surface area contributed by atoms with E-state index in [1.165, 1.54) is 11.0 Å². The second kappa shape index (κ2) is 7.37. The molecule has 0 spiro atoms. The van der Waals surface area contributed by atoms with Crippen LogP contribution in [0.4, 0.5) is 18.9 Å². The van der Waals surface area contributed by atoms with Gasteiger partial charge in [-0.05, 0) is 30.2 Å². The molecular formula is C19H19F3N2O2. The van der Waals surface area contributed by atoms with Crippen LogP contribution in [0.15, 0.2) is 48.5 Å². The zero-order valence-electron chi connectivity index (χ0n) is 14.0. The molecule has 1 aliphatic heterocycles. The van der Waals surface area contributed by atoms with Crippen LogP contribution in [0.5, 0.6) is 0 Å². The number of likely N-dealkylation sites (tertiary alicyclic amines) is 1. The number of halogens is 3. The van der Waals surface area contributed by atoms with Gasteiger partial charge in [0.25, 0.3) is 5.91 Å². The van der Waals surface area contributed by atoms with Gasteiger partial charge in [-0.2, -0.15) is 13.2 Å². The molecule has 1 heterocycles. The van der Waals surface area contributed by atoms with Gasteiger partial charge in [0.15, 0.2) is 0 Å². The fourth-order valence-electron chi connectivity index (χ4n) is 2.99. The molecule has 1 amide bonds. The average molecular weight is 364 g/mol. The van der Waals surface area contributed by atoms with Gasteiger partial charge in [-0.3, -0.25) is 4.79 Å². The van der Waals surface area contributed by atoms with E-state index in [0.29, 0.717) is 19.6 Å². The summed E-state index contributed by atoms with van der Waals surface area (Å²) in [5.74, 6) is -0.650. The third-order valence-corrected chi connectivity index (χ3v) is 4.34. The molecule has 0 unspecified atom stereocenters. The second-order valence-electron chi connectivity index (χ2n) is 6.26. The van der Waals surface area contributed by atoms with Gasteiger partial charge in [-0.1, -0.05) is 30.3 Å². The number of nitrogens with zero attached hydrogens (tertiary/aromatic N) is 1. The minimum atomic E-state index is -4.64. The first-order valence-electron chi connectivity index (χ1n) is 8.26. The van der Waals surface area contributed by atoms with Crippen LogP contribution >= 0.6 is 0 Å². The van der Waals surface area contributed by atoms with Crippen LogP contribution in [0.3, 0.4) is 0 Å². The highest BCUT2D eigenvalue weighted by Gasteiger charge is 2.37. The van der Waals surface area contributed by atoms with Crippen molar-refractivity contribution in [2.24, 2.45) is 0 Å². The van der Waals surface area contributed by atoms with Crippen LogP contribution in [0.2, 0.25) is 0 Å². The van der Waals surface area contributed by atoms with E-state index in [1.807, 2.05) is 30.3 Å². The summed E-state index contributed by atoms with van der Waals surface area (Å²) in [5, 5.41) is 0. The number of rotatable bonds is 4. The molecule has 0 radical (unpaired) electrons. The molecule has 2 N–H and O–H groups in total. The predicted molar refractivity (Wildman–Crippen MR) is 91.4 cm³/mol. The molecule has 0 aromatic heterocycles. The van der Waals surface area contributed by atoms with E-state index in [4.69, 9.17) is 10.5 Å². The first-order valence-corrected chi connectivity index (χ1v) is 8.26. The Morgan fingerprint density at radius 1 is 1.19 bits per heavy atom. The van der Waals surface area contributed by atoms with Crippen molar-refractivity contribution in [3.8, 4) is 0 Å². The molecule has 1 fully saturated rings. The molecule has 138 valence electrons. The molecule has 7 heteroatoms. The van der Waals surface area contributed by atoms with Crippen molar-refractivity contribution in [3.63, 3.8) is 0 Å². The van der Waals surface area contributed by atoms with E-state index in [9.17, 15) is 18.0 Å². The highest BCUT2D eigenvalue weighted by atomic mass is 19.4. The number of hydrogen-bond donors (Lipinski definition) is 1. The molecule has 26 heavy (non-hydrogen) atoms. The van der Waals surface area contributed by atoms with E-state index >= 15 is 0 Å². The van der Waals surface area contributed by atoms with Gasteiger partial charge < -0.3 is 15.4 Å². The van der Waals surface area contributed by atoms with E-state index < -0.39 is 17.6 Å². The zero-order valence-corrected chi connectivity index (χ0v) is 14.0. The minimum absolute atomic E-state index is 0.0284. The van der Waals surface area contributed by atoms with Crippen molar-refractivity contribution < 1.29 is 22.7 Å². The molecule has 1 saturated heterocycles. The summed E-state index contributed by atoms with van der Waals surface area (Å²) in [6.45, 7) is 1.04. The molecule has 4 nitrogen and oxygen atoms in total. The molecule has 2 aromatic rings. The SMILES string of the molecule is Nc1ccc(C(=O)N2CC[C@@H](OCc3ccccc3)C2)c(C(F)(F)F)c1. The number of nitrogen functional groups attached to an aromatic ring is 1. The van der Waals surface area contributed by atoms with Crippen LogP contribution in [0.25, 0.3) is 0 Å². The van der Waals surface area contributed by atoms with Crippen LogP contribution in [0.1, 0.15) is 27.9 Å². The summed E-state index contributed by atoms with van der Waals surface area (Å²) in [5.41, 5.74) is 5.05. The van der Waals surface area contributed by atoms with E-state index in [2.05, 4.69) is 0 Å². The Morgan fingerprint density at radius 3 is 2.62 bits per heavy atom. The number of benzene rings is 2. The number of hydrogen-bond acceptors (Lipinski definition) is 3. The summed E-state index contributed by atoms with van der Waals surface area (Å²) in [7, 11) is 0. The number of nitrogens with two attached hydrogens (primary N) is 1. The number of amides is 1. The largest absolute Gasteiger partial charge is 0.417 e. The van der Waals surface area contributed by atoms with Gasteiger partial charge in [-0.15, -0.1) is 0 Å². The van der Waals surface area contributed by atoms with Crippen molar-refractivity contribution in [2.45, 2.75) is 25.3 Å². The van der Waals surface area contributed by atoms with E-state index in [1.54, 1.807) is 0 Å². The van der Waals surface area contributed by atoms with Crippen LogP contribution in [-0.2, 0) is 17.5 Å². The lowest BCUT2D eigenvalue weighted by Crippen LogP contribution is -2.31. The Balaban J connectivity index is 1.66. The van der Waals surface area contributed by atoms with Crippen molar-refractivity contribution in [3.05, 3.63) is 65.2 Å². The Kier molecular flexibility index (Phi) is 5.18. The predicted octanol–water partition coefficient (Wildman–Crippen LogP) is 3.72. The molecule has 0 aliphatic carbocycles. The smallest absolute Gasteiger partial charge is 0.399 e. The lowest BCUT2D eigenvalue weighted by Gasteiger charge is -2.20. The number of ether oxygens (including phenoxy) is 1. The first-order chi connectivity index (χ1) is 12.3. The average Bonchev–Trinajstić information content (AvgIpc) is 3.08. The summed E-state index contributed by atoms with van der Waals surface area (Å²) in [4.78, 5) is 14.0. The molecule has 1 aliphatic rings. The van der Waals surface area contributed by atoms with Gasteiger partial charge >= 0.3 is 6.18 Å². The maximum Gasteiger partial charge on any atom is 0.417 e. The molecule has 0 bridgehead atoms. The van der Waals surface area contributed by atoms with E-state index in [0.717, 1.165) is 17.7 Å². The van der Waals surface area contributed by atoms with Crippen molar-refractivity contribution in [1.29, 1.82) is 0 Å². The minimum Gasteiger partial charge on any atom is -0.399 e. The summed E-state index contributed by atoms with van der Waals surface area (Å²) in [6.07, 6.45) is -4.24. The fraction of sp³-hybridized carbons (Fsp3) is 0.316. The number of alkyl halides is 3. The van der Waals surface area contributed by atoms with Gasteiger partial charge in [0, 0.05) is 18.8 Å². The summed E-state index contributed by atoms with van der Waals surface area (Å²) >= 11 is 0. The second-order valence-corrected chi connectivity index (χ2v) is 6.26. The van der Waals surface area contributed by atoms with Gasteiger partial charge in [0.2, 0.25) is 0 Å². The lowest BCUT2D eigenvalue weighted by atomic mass is 10.0. The normalized spacial score (nSPS) is 17.5. The molecular weight excluding hydrogens is 345 g/mol.